The van der Waals surface area contributed by atoms with Gasteiger partial charge in [-0.2, -0.15) is 0 Å². The summed E-state index contributed by atoms with van der Waals surface area (Å²) in [5.74, 6) is 2.02. The van der Waals surface area contributed by atoms with Crippen LogP contribution in [-0.2, 0) is 11.3 Å². The van der Waals surface area contributed by atoms with E-state index in [0.29, 0.717) is 6.04 Å². The number of morpholine rings is 1. The summed E-state index contributed by atoms with van der Waals surface area (Å²) >= 11 is 3.51. The van der Waals surface area contributed by atoms with Gasteiger partial charge in [-0.25, -0.2) is 0 Å². The van der Waals surface area contributed by atoms with Crippen LogP contribution in [0.25, 0.3) is 10.7 Å². The van der Waals surface area contributed by atoms with Crippen molar-refractivity contribution >= 4 is 23.1 Å². The minimum atomic E-state index is 0.514. The number of thioether (sulfide) groups is 1. The number of aromatic nitrogens is 3. The number of rotatable bonds is 6. The van der Waals surface area contributed by atoms with E-state index in [1.807, 2.05) is 0 Å². The molecule has 2 aromatic heterocycles. The molecule has 22 heavy (non-hydrogen) atoms. The number of hydrogen-bond donors (Lipinski definition) is 0. The fraction of sp³-hybridized carbons (Fsp3) is 0.600. The molecule has 1 aliphatic heterocycles. The van der Waals surface area contributed by atoms with Crippen LogP contribution in [0.1, 0.15) is 13.8 Å². The molecule has 1 aliphatic rings. The zero-order valence-electron chi connectivity index (χ0n) is 13.1. The van der Waals surface area contributed by atoms with Crippen molar-refractivity contribution in [2.24, 2.45) is 0 Å². The Morgan fingerprint density at radius 1 is 1.45 bits per heavy atom. The molecular weight excluding hydrogens is 316 g/mol. The Morgan fingerprint density at radius 2 is 2.36 bits per heavy atom. The first-order valence-electron chi connectivity index (χ1n) is 7.71. The molecule has 7 heteroatoms. The van der Waals surface area contributed by atoms with E-state index in [1.165, 1.54) is 4.88 Å². The lowest BCUT2D eigenvalue weighted by Gasteiger charge is -2.32. The molecule has 0 spiro atoms. The lowest BCUT2D eigenvalue weighted by atomic mass is 10.2. The van der Waals surface area contributed by atoms with Gasteiger partial charge in [0.25, 0.3) is 0 Å². The van der Waals surface area contributed by atoms with E-state index in [-0.39, 0.29) is 0 Å². The van der Waals surface area contributed by atoms with Crippen molar-refractivity contribution in [2.45, 2.75) is 31.6 Å². The molecule has 2 aromatic rings. The smallest absolute Gasteiger partial charge is 0.191 e. The molecule has 0 aromatic carbocycles. The normalized spacial score (nSPS) is 19.6. The Hall–Kier alpha value is -0.890. The third-order valence-corrected chi connectivity index (χ3v) is 5.70. The summed E-state index contributed by atoms with van der Waals surface area (Å²) in [6.07, 6.45) is 0. The summed E-state index contributed by atoms with van der Waals surface area (Å²) in [6, 6.07) is 4.67. The summed E-state index contributed by atoms with van der Waals surface area (Å²) in [6.45, 7) is 9.07. The maximum atomic E-state index is 5.48. The zero-order chi connectivity index (χ0) is 15.4. The van der Waals surface area contributed by atoms with Crippen LogP contribution >= 0.6 is 23.1 Å². The molecule has 0 radical (unpaired) electrons. The van der Waals surface area contributed by atoms with E-state index in [9.17, 15) is 0 Å². The fourth-order valence-electron chi connectivity index (χ4n) is 2.62. The van der Waals surface area contributed by atoms with Gasteiger partial charge in [-0.1, -0.05) is 17.8 Å². The highest BCUT2D eigenvalue weighted by atomic mass is 32.2. The second-order valence-electron chi connectivity index (χ2n) is 5.34. The molecule has 5 nitrogen and oxygen atoms in total. The predicted molar refractivity (Wildman–Crippen MR) is 91.6 cm³/mol. The lowest BCUT2D eigenvalue weighted by Crippen LogP contribution is -2.44. The summed E-state index contributed by atoms with van der Waals surface area (Å²) in [5.41, 5.74) is 0. The van der Waals surface area contributed by atoms with Crippen molar-refractivity contribution in [1.29, 1.82) is 0 Å². The molecular formula is C15H22N4OS2. The molecule has 0 aliphatic carbocycles. The van der Waals surface area contributed by atoms with Gasteiger partial charge in [0.2, 0.25) is 0 Å². The van der Waals surface area contributed by atoms with Gasteiger partial charge in [0.1, 0.15) is 0 Å². The number of thiophene rings is 1. The number of hydrogen-bond acceptors (Lipinski definition) is 6. The second kappa shape index (κ2) is 7.59. The van der Waals surface area contributed by atoms with Gasteiger partial charge in [0.05, 0.1) is 18.1 Å². The van der Waals surface area contributed by atoms with Gasteiger partial charge in [-0.05, 0) is 25.3 Å². The minimum absolute atomic E-state index is 0.514. The maximum Gasteiger partial charge on any atom is 0.191 e. The third kappa shape index (κ3) is 3.53. The molecule has 0 bridgehead atoms. The summed E-state index contributed by atoms with van der Waals surface area (Å²) < 4.78 is 7.69. The molecule has 3 rings (SSSR count). The van der Waals surface area contributed by atoms with Crippen molar-refractivity contribution in [3.05, 3.63) is 17.5 Å². The quantitative estimate of drug-likeness (QED) is 0.758. The van der Waals surface area contributed by atoms with Crippen LogP contribution in [0.3, 0.4) is 0 Å². The van der Waals surface area contributed by atoms with E-state index in [2.05, 4.69) is 51.0 Å². The highest BCUT2D eigenvalue weighted by Crippen LogP contribution is 2.27. The highest BCUT2D eigenvalue weighted by molar-refractivity contribution is 7.99. The molecule has 0 amide bonds. The predicted octanol–water partition coefficient (Wildman–Crippen LogP) is 2.84. The minimum Gasteiger partial charge on any atom is -0.379 e. The van der Waals surface area contributed by atoms with Crippen LogP contribution in [0.5, 0.6) is 0 Å². The third-order valence-electron chi connectivity index (χ3n) is 3.89. The van der Waals surface area contributed by atoms with Crippen molar-refractivity contribution in [3.8, 4) is 10.7 Å². The molecule has 120 valence electrons. The second-order valence-corrected chi connectivity index (χ2v) is 7.35. The van der Waals surface area contributed by atoms with E-state index in [1.54, 1.807) is 23.1 Å². The van der Waals surface area contributed by atoms with Crippen LogP contribution in [0.2, 0.25) is 0 Å². The van der Waals surface area contributed by atoms with E-state index in [4.69, 9.17) is 4.74 Å². The Bertz CT molecular complexity index is 584. The Labute approximate surface area is 139 Å². The molecule has 1 saturated heterocycles. The lowest BCUT2D eigenvalue weighted by molar-refractivity contribution is 0.00298. The standard InChI is InChI=1S/C15H22N4OS2/c1-3-19-14(13-5-4-9-21-13)16-17-15(19)22-10-7-18-6-8-20-11-12(18)2/h4-5,9,12H,3,6-8,10-11H2,1-2H3. The van der Waals surface area contributed by atoms with E-state index in [0.717, 1.165) is 49.6 Å². The van der Waals surface area contributed by atoms with Crippen LogP contribution in [-0.4, -0.2) is 57.8 Å². The van der Waals surface area contributed by atoms with Gasteiger partial charge < -0.3 is 9.30 Å². The average molecular weight is 339 g/mol. The van der Waals surface area contributed by atoms with Crippen LogP contribution in [0.4, 0.5) is 0 Å². The molecule has 1 fully saturated rings. The van der Waals surface area contributed by atoms with E-state index < -0.39 is 0 Å². The van der Waals surface area contributed by atoms with Crippen molar-refractivity contribution in [1.82, 2.24) is 19.7 Å². The summed E-state index contributed by atoms with van der Waals surface area (Å²) in [7, 11) is 0. The molecule has 3 heterocycles. The van der Waals surface area contributed by atoms with Gasteiger partial charge >= 0.3 is 0 Å². The Balaban J connectivity index is 1.61. The SMILES string of the molecule is CCn1c(SCCN2CCOCC2C)nnc1-c1cccs1. The molecule has 1 unspecified atom stereocenters. The first kappa shape index (κ1) is 16.0. The maximum absolute atomic E-state index is 5.48. The van der Waals surface area contributed by atoms with Crippen molar-refractivity contribution in [2.75, 3.05) is 32.1 Å². The van der Waals surface area contributed by atoms with Crippen LogP contribution in [0, 0.1) is 0 Å². The average Bonchev–Trinajstić information content (AvgIpc) is 3.17. The summed E-state index contributed by atoms with van der Waals surface area (Å²) in [4.78, 5) is 3.67. The van der Waals surface area contributed by atoms with Gasteiger partial charge in [0, 0.05) is 31.4 Å². The molecule has 1 atom stereocenters. The summed E-state index contributed by atoms with van der Waals surface area (Å²) in [5, 5.41) is 11.9. The van der Waals surface area contributed by atoms with Gasteiger partial charge in [-0.15, -0.1) is 21.5 Å². The van der Waals surface area contributed by atoms with E-state index >= 15 is 0 Å². The molecule has 0 N–H and O–H groups in total. The largest absolute Gasteiger partial charge is 0.379 e. The van der Waals surface area contributed by atoms with Crippen molar-refractivity contribution in [3.63, 3.8) is 0 Å². The van der Waals surface area contributed by atoms with Gasteiger partial charge in [-0.3, -0.25) is 4.90 Å². The molecule has 0 saturated carbocycles. The Morgan fingerprint density at radius 3 is 3.09 bits per heavy atom. The topological polar surface area (TPSA) is 43.2 Å². The number of ether oxygens (including phenoxy) is 1. The van der Waals surface area contributed by atoms with Crippen molar-refractivity contribution < 1.29 is 4.74 Å². The first-order valence-corrected chi connectivity index (χ1v) is 9.57. The Kier molecular flexibility index (Phi) is 5.51. The number of nitrogens with zero attached hydrogens (tertiary/aromatic N) is 4. The van der Waals surface area contributed by atoms with Gasteiger partial charge in [0.15, 0.2) is 11.0 Å². The van der Waals surface area contributed by atoms with Crippen LogP contribution < -0.4 is 0 Å². The fourth-order valence-corrected chi connectivity index (χ4v) is 4.31. The van der Waals surface area contributed by atoms with Crippen LogP contribution in [0.15, 0.2) is 22.7 Å². The highest BCUT2D eigenvalue weighted by Gasteiger charge is 2.19. The first-order chi connectivity index (χ1) is 10.8. The monoisotopic (exact) mass is 338 g/mol. The zero-order valence-corrected chi connectivity index (χ0v) is 14.7.